The highest BCUT2D eigenvalue weighted by atomic mass is 35.5. The zero-order valence-corrected chi connectivity index (χ0v) is 17.6. The highest BCUT2D eigenvalue weighted by molar-refractivity contribution is 6.42. The van der Waals surface area contributed by atoms with E-state index >= 15 is 0 Å². The number of esters is 1. The van der Waals surface area contributed by atoms with Crippen molar-refractivity contribution in [2.75, 3.05) is 39.8 Å². The van der Waals surface area contributed by atoms with Crippen molar-refractivity contribution in [1.82, 2.24) is 15.5 Å². The molecule has 0 radical (unpaired) electrons. The number of hydrogen-bond donors (Lipinski definition) is 2. The van der Waals surface area contributed by atoms with Crippen molar-refractivity contribution in [3.63, 3.8) is 0 Å². The molecule has 1 amide bonds. The lowest BCUT2D eigenvalue weighted by atomic mass is 9.97. The van der Waals surface area contributed by atoms with Gasteiger partial charge in [0.25, 0.3) is 5.91 Å². The van der Waals surface area contributed by atoms with Crippen LogP contribution in [-0.2, 0) is 9.53 Å². The minimum atomic E-state index is -0.224. The van der Waals surface area contributed by atoms with E-state index in [0.29, 0.717) is 28.7 Å². The number of methoxy groups -OCH3 is 1. The molecule has 1 aromatic rings. The zero-order valence-electron chi connectivity index (χ0n) is 16.1. The van der Waals surface area contributed by atoms with Crippen molar-refractivity contribution in [1.29, 1.82) is 0 Å². The number of hydrogen-bond acceptors (Lipinski definition) is 4. The molecule has 2 rings (SSSR count). The molecule has 0 atom stereocenters. The van der Waals surface area contributed by atoms with Gasteiger partial charge in [0.1, 0.15) is 0 Å². The quantitative estimate of drug-likeness (QED) is 0.314. The fourth-order valence-corrected chi connectivity index (χ4v) is 3.29. The van der Waals surface area contributed by atoms with E-state index in [1.165, 1.54) is 13.2 Å². The van der Waals surface area contributed by atoms with Gasteiger partial charge in [0, 0.05) is 31.7 Å². The van der Waals surface area contributed by atoms with Crippen LogP contribution in [0.15, 0.2) is 23.2 Å². The van der Waals surface area contributed by atoms with Gasteiger partial charge in [-0.05, 0) is 38.0 Å². The number of piperidine rings is 1. The lowest BCUT2D eigenvalue weighted by Crippen LogP contribution is -2.47. The zero-order chi connectivity index (χ0) is 20.5. The number of ether oxygens (including phenoxy) is 1. The number of guanidine groups is 1. The highest BCUT2D eigenvalue weighted by Crippen LogP contribution is 2.22. The van der Waals surface area contributed by atoms with E-state index in [9.17, 15) is 9.59 Å². The Hall–Kier alpha value is -1.99. The van der Waals surface area contributed by atoms with Crippen LogP contribution in [0.3, 0.4) is 0 Å². The van der Waals surface area contributed by atoms with E-state index < -0.39 is 0 Å². The minimum absolute atomic E-state index is 0.0467. The standard InChI is InChI=1S/C19H26Cl2N4O3/c1-3-22-19(25-10-6-13(7-11-25)18(27)28-2)24-9-8-23-17(26)14-4-5-15(20)16(21)12-14/h4-5,12-13H,3,6-11H2,1-2H3,(H,22,24)(H,23,26). The first-order chi connectivity index (χ1) is 13.5. The van der Waals surface area contributed by atoms with Gasteiger partial charge in [0.05, 0.1) is 29.6 Å². The van der Waals surface area contributed by atoms with Crippen LogP contribution in [0.4, 0.5) is 0 Å². The van der Waals surface area contributed by atoms with Crippen LogP contribution >= 0.6 is 23.2 Å². The molecular weight excluding hydrogens is 403 g/mol. The lowest BCUT2D eigenvalue weighted by molar-refractivity contribution is -0.146. The second-order valence-corrected chi connectivity index (χ2v) is 7.22. The van der Waals surface area contributed by atoms with Gasteiger partial charge in [-0.1, -0.05) is 23.2 Å². The summed E-state index contributed by atoms with van der Waals surface area (Å²) in [4.78, 5) is 30.5. The molecule has 28 heavy (non-hydrogen) atoms. The number of nitrogens with zero attached hydrogens (tertiary/aromatic N) is 2. The van der Waals surface area contributed by atoms with E-state index in [4.69, 9.17) is 27.9 Å². The van der Waals surface area contributed by atoms with E-state index in [1.54, 1.807) is 12.1 Å². The van der Waals surface area contributed by atoms with Crippen LogP contribution in [0, 0.1) is 5.92 Å². The molecule has 1 saturated heterocycles. The van der Waals surface area contributed by atoms with Crippen LogP contribution in [0.2, 0.25) is 10.0 Å². The molecule has 1 aromatic carbocycles. The number of halogens is 2. The van der Waals surface area contributed by atoms with Gasteiger partial charge < -0.3 is 20.3 Å². The predicted octanol–water partition coefficient (Wildman–Crippen LogP) is 2.57. The number of likely N-dealkylation sites (tertiary alicyclic amines) is 1. The fraction of sp³-hybridized carbons (Fsp3) is 0.526. The summed E-state index contributed by atoms with van der Waals surface area (Å²) in [7, 11) is 1.42. The number of benzene rings is 1. The normalized spacial score (nSPS) is 15.3. The Morgan fingerprint density at radius 1 is 1.21 bits per heavy atom. The first kappa shape index (κ1) is 22.3. The Morgan fingerprint density at radius 2 is 1.93 bits per heavy atom. The smallest absolute Gasteiger partial charge is 0.308 e. The number of carbonyl (C=O) groups is 2. The molecule has 0 aromatic heterocycles. The molecular formula is C19H26Cl2N4O3. The molecule has 1 aliphatic heterocycles. The number of nitrogens with one attached hydrogen (secondary N) is 2. The summed E-state index contributed by atoms with van der Waals surface area (Å²) in [5.41, 5.74) is 0.454. The van der Waals surface area contributed by atoms with E-state index in [2.05, 4.69) is 20.5 Å². The van der Waals surface area contributed by atoms with E-state index in [-0.39, 0.29) is 17.8 Å². The van der Waals surface area contributed by atoms with Crippen molar-refractivity contribution in [3.05, 3.63) is 33.8 Å². The van der Waals surface area contributed by atoms with Gasteiger partial charge in [-0.25, -0.2) is 0 Å². The van der Waals surface area contributed by atoms with Gasteiger partial charge in [0.15, 0.2) is 5.96 Å². The molecule has 0 bridgehead atoms. The number of amides is 1. The summed E-state index contributed by atoms with van der Waals surface area (Å²) in [6, 6.07) is 4.76. The Balaban J connectivity index is 1.84. The summed E-state index contributed by atoms with van der Waals surface area (Å²) < 4.78 is 4.83. The number of rotatable bonds is 6. The third-order valence-electron chi connectivity index (χ3n) is 4.50. The summed E-state index contributed by atoms with van der Waals surface area (Å²) in [6.07, 6.45) is 1.48. The molecule has 9 heteroatoms. The van der Waals surface area contributed by atoms with Gasteiger partial charge in [0.2, 0.25) is 0 Å². The Labute approximate surface area is 175 Å². The maximum Gasteiger partial charge on any atom is 0.308 e. The summed E-state index contributed by atoms with van der Waals surface area (Å²) >= 11 is 11.8. The Kier molecular flexibility index (Phi) is 8.86. The maximum absolute atomic E-state index is 12.2. The van der Waals surface area contributed by atoms with Crippen molar-refractivity contribution in [3.8, 4) is 0 Å². The van der Waals surface area contributed by atoms with Crippen molar-refractivity contribution in [2.24, 2.45) is 10.9 Å². The third-order valence-corrected chi connectivity index (χ3v) is 5.24. The molecule has 0 spiro atoms. The van der Waals surface area contributed by atoms with Gasteiger partial charge in [-0.2, -0.15) is 0 Å². The first-order valence-electron chi connectivity index (χ1n) is 9.30. The highest BCUT2D eigenvalue weighted by Gasteiger charge is 2.26. The third kappa shape index (κ3) is 6.27. The lowest BCUT2D eigenvalue weighted by Gasteiger charge is -2.33. The molecule has 1 aliphatic rings. The average Bonchev–Trinajstić information content (AvgIpc) is 2.71. The topological polar surface area (TPSA) is 83.0 Å². The predicted molar refractivity (Wildman–Crippen MR) is 111 cm³/mol. The maximum atomic E-state index is 12.2. The SMILES string of the molecule is CCNC(=NCCNC(=O)c1ccc(Cl)c(Cl)c1)N1CCC(C(=O)OC)CC1. The van der Waals surface area contributed by atoms with Crippen molar-refractivity contribution < 1.29 is 14.3 Å². The molecule has 0 aliphatic carbocycles. The van der Waals surface area contributed by atoms with Gasteiger partial charge >= 0.3 is 5.97 Å². The summed E-state index contributed by atoms with van der Waals surface area (Å²) in [5, 5.41) is 6.83. The Morgan fingerprint density at radius 3 is 2.54 bits per heavy atom. The van der Waals surface area contributed by atoms with E-state index in [1.807, 2.05) is 6.92 Å². The van der Waals surface area contributed by atoms with Crippen molar-refractivity contribution >= 4 is 41.0 Å². The monoisotopic (exact) mass is 428 g/mol. The second kappa shape index (κ2) is 11.1. The number of aliphatic imine (C=N–C) groups is 1. The molecule has 2 N–H and O–H groups in total. The van der Waals surface area contributed by atoms with E-state index in [0.717, 1.165) is 38.4 Å². The minimum Gasteiger partial charge on any atom is -0.469 e. The van der Waals surface area contributed by atoms with Gasteiger partial charge in [-0.3, -0.25) is 14.6 Å². The fourth-order valence-electron chi connectivity index (χ4n) is 2.99. The van der Waals surface area contributed by atoms with Crippen LogP contribution in [0.1, 0.15) is 30.1 Å². The molecule has 0 unspecified atom stereocenters. The Bertz CT molecular complexity index is 719. The number of carbonyl (C=O) groups excluding carboxylic acids is 2. The molecule has 0 saturated carbocycles. The molecule has 7 nitrogen and oxygen atoms in total. The molecule has 1 heterocycles. The van der Waals surface area contributed by atoms with Crippen LogP contribution in [0.25, 0.3) is 0 Å². The second-order valence-electron chi connectivity index (χ2n) is 6.40. The molecule has 154 valence electrons. The molecule has 1 fully saturated rings. The first-order valence-corrected chi connectivity index (χ1v) is 10.1. The van der Waals surface area contributed by atoms with Crippen LogP contribution in [-0.4, -0.2) is 62.6 Å². The van der Waals surface area contributed by atoms with Gasteiger partial charge in [-0.15, -0.1) is 0 Å². The van der Waals surface area contributed by atoms with Crippen LogP contribution in [0.5, 0.6) is 0 Å². The summed E-state index contributed by atoms with van der Waals surface area (Å²) in [5.74, 6) is 0.369. The average molecular weight is 429 g/mol. The van der Waals surface area contributed by atoms with Crippen molar-refractivity contribution in [2.45, 2.75) is 19.8 Å². The largest absolute Gasteiger partial charge is 0.469 e. The van der Waals surface area contributed by atoms with Crippen LogP contribution < -0.4 is 10.6 Å². The summed E-state index contributed by atoms with van der Waals surface area (Å²) in [6.45, 7) is 5.05.